The third-order valence-corrected chi connectivity index (χ3v) is 2.86. The highest BCUT2D eigenvalue weighted by Gasteiger charge is 2.14. The summed E-state index contributed by atoms with van der Waals surface area (Å²) in [4.78, 5) is 26.7. The average Bonchev–Trinajstić information content (AvgIpc) is 2.83. The van der Waals surface area contributed by atoms with Crippen LogP contribution >= 0.6 is 0 Å². The number of carboxylic acids is 1. The molecule has 20 heavy (non-hydrogen) atoms. The highest BCUT2D eigenvalue weighted by molar-refractivity contribution is 5.87. The number of aromatic carboxylic acids is 1. The van der Waals surface area contributed by atoms with Crippen molar-refractivity contribution in [3.63, 3.8) is 0 Å². The van der Waals surface area contributed by atoms with Crippen molar-refractivity contribution in [1.82, 2.24) is 14.6 Å². The van der Waals surface area contributed by atoms with Crippen molar-refractivity contribution in [2.24, 2.45) is 0 Å². The van der Waals surface area contributed by atoms with Crippen molar-refractivity contribution in [3.05, 3.63) is 58.3 Å². The lowest BCUT2D eigenvalue weighted by Gasteiger charge is -1.97. The maximum atomic E-state index is 13.2. The van der Waals surface area contributed by atoms with Gasteiger partial charge in [-0.3, -0.25) is 9.89 Å². The standard InChI is InChI=1S/C13H8FN3O3/c14-8-3-1-2-7(4-8)10-5-11-15-6-9(13(19)20)12(18)17(11)16-10/h1-6,16H,(H,19,20). The van der Waals surface area contributed by atoms with Gasteiger partial charge in [0.2, 0.25) is 0 Å². The van der Waals surface area contributed by atoms with Gasteiger partial charge in [-0.05, 0) is 12.1 Å². The second-order valence-corrected chi connectivity index (χ2v) is 4.16. The van der Waals surface area contributed by atoms with E-state index < -0.39 is 22.9 Å². The van der Waals surface area contributed by atoms with E-state index in [1.165, 1.54) is 18.2 Å². The molecular weight excluding hydrogens is 265 g/mol. The fourth-order valence-corrected chi connectivity index (χ4v) is 1.91. The minimum absolute atomic E-state index is 0.263. The summed E-state index contributed by atoms with van der Waals surface area (Å²) in [5.74, 6) is -1.76. The number of halogens is 1. The molecule has 0 aliphatic rings. The number of hydrogen-bond donors (Lipinski definition) is 2. The summed E-state index contributed by atoms with van der Waals surface area (Å²) in [6, 6.07) is 7.35. The molecule has 6 nitrogen and oxygen atoms in total. The molecule has 3 rings (SSSR count). The summed E-state index contributed by atoms with van der Waals surface area (Å²) in [6.45, 7) is 0. The Morgan fingerprint density at radius 3 is 2.85 bits per heavy atom. The number of H-pyrrole nitrogens is 1. The Morgan fingerprint density at radius 2 is 2.15 bits per heavy atom. The molecule has 0 saturated carbocycles. The Balaban J connectivity index is 2.24. The first-order chi connectivity index (χ1) is 9.56. The van der Waals surface area contributed by atoms with E-state index in [4.69, 9.17) is 5.11 Å². The van der Waals surface area contributed by atoms with Gasteiger partial charge in [0.25, 0.3) is 5.56 Å². The molecule has 0 saturated heterocycles. The number of benzene rings is 1. The minimum atomic E-state index is -1.35. The molecular formula is C13H8FN3O3. The minimum Gasteiger partial charge on any atom is -0.477 e. The number of carboxylic acid groups (broad SMARTS) is 1. The van der Waals surface area contributed by atoms with Crippen LogP contribution in [-0.4, -0.2) is 25.7 Å². The molecule has 3 aromatic rings. The van der Waals surface area contributed by atoms with Crippen LogP contribution < -0.4 is 5.56 Å². The third kappa shape index (κ3) is 1.85. The van der Waals surface area contributed by atoms with Gasteiger partial charge in [0.05, 0.1) is 5.69 Å². The SMILES string of the molecule is O=C(O)c1cnc2cc(-c3cccc(F)c3)[nH]n2c1=O. The van der Waals surface area contributed by atoms with E-state index in [1.807, 2.05) is 0 Å². The molecule has 0 aliphatic carbocycles. The molecule has 100 valence electrons. The zero-order chi connectivity index (χ0) is 14.3. The van der Waals surface area contributed by atoms with Crippen LogP contribution in [0.4, 0.5) is 4.39 Å². The molecule has 0 amide bonds. The first kappa shape index (κ1) is 12.1. The van der Waals surface area contributed by atoms with E-state index in [9.17, 15) is 14.0 Å². The number of nitrogens with zero attached hydrogens (tertiary/aromatic N) is 2. The van der Waals surface area contributed by atoms with E-state index in [2.05, 4.69) is 10.1 Å². The van der Waals surface area contributed by atoms with Gasteiger partial charge in [0, 0.05) is 17.8 Å². The second kappa shape index (κ2) is 4.30. The van der Waals surface area contributed by atoms with Gasteiger partial charge in [0.1, 0.15) is 11.4 Å². The lowest BCUT2D eigenvalue weighted by atomic mass is 10.1. The average molecular weight is 273 g/mol. The second-order valence-electron chi connectivity index (χ2n) is 4.16. The predicted molar refractivity (Wildman–Crippen MR) is 68.2 cm³/mol. The van der Waals surface area contributed by atoms with Crippen LogP contribution in [-0.2, 0) is 0 Å². The lowest BCUT2D eigenvalue weighted by molar-refractivity contribution is 0.0694. The Hall–Kier alpha value is -2.96. The van der Waals surface area contributed by atoms with Crippen LogP contribution in [0, 0.1) is 5.82 Å². The van der Waals surface area contributed by atoms with E-state index in [0.717, 1.165) is 10.7 Å². The van der Waals surface area contributed by atoms with Gasteiger partial charge in [-0.25, -0.2) is 18.7 Å². The van der Waals surface area contributed by atoms with Crippen LogP contribution in [0.2, 0.25) is 0 Å². The quantitative estimate of drug-likeness (QED) is 0.741. The van der Waals surface area contributed by atoms with Crippen molar-refractivity contribution in [2.45, 2.75) is 0 Å². The Labute approximate surface area is 111 Å². The van der Waals surface area contributed by atoms with Gasteiger partial charge in [0.15, 0.2) is 5.65 Å². The maximum absolute atomic E-state index is 13.2. The smallest absolute Gasteiger partial charge is 0.343 e. The molecule has 0 atom stereocenters. The molecule has 0 spiro atoms. The Bertz CT molecular complexity index is 882. The number of nitrogens with one attached hydrogen (secondary N) is 1. The normalized spacial score (nSPS) is 10.8. The molecule has 0 bridgehead atoms. The van der Waals surface area contributed by atoms with Crippen molar-refractivity contribution in [2.75, 3.05) is 0 Å². The fraction of sp³-hybridized carbons (Fsp3) is 0. The first-order valence-corrected chi connectivity index (χ1v) is 5.66. The van der Waals surface area contributed by atoms with E-state index in [-0.39, 0.29) is 5.65 Å². The molecule has 2 aromatic heterocycles. The summed E-state index contributed by atoms with van der Waals surface area (Å²) >= 11 is 0. The van der Waals surface area contributed by atoms with Gasteiger partial charge in [-0.15, -0.1) is 0 Å². The van der Waals surface area contributed by atoms with Gasteiger partial charge < -0.3 is 5.11 Å². The Kier molecular flexibility index (Phi) is 2.60. The summed E-state index contributed by atoms with van der Waals surface area (Å²) in [6.07, 6.45) is 1.00. The van der Waals surface area contributed by atoms with Crippen LogP contribution in [0.5, 0.6) is 0 Å². The zero-order valence-electron chi connectivity index (χ0n) is 10.0. The molecule has 2 heterocycles. The van der Waals surface area contributed by atoms with Crippen molar-refractivity contribution < 1.29 is 14.3 Å². The largest absolute Gasteiger partial charge is 0.477 e. The molecule has 0 fully saturated rings. The Morgan fingerprint density at radius 1 is 1.35 bits per heavy atom. The first-order valence-electron chi connectivity index (χ1n) is 5.66. The molecule has 1 aromatic carbocycles. The van der Waals surface area contributed by atoms with Crippen LogP contribution in [0.15, 0.2) is 41.3 Å². The highest BCUT2D eigenvalue weighted by Crippen LogP contribution is 2.19. The number of hydrogen-bond acceptors (Lipinski definition) is 3. The predicted octanol–water partition coefficient (Wildman–Crippen LogP) is 1.53. The van der Waals surface area contributed by atoms with Crippen molar-refractivity contribution in [3.8, 4) is 11.3 Å². The summed E-state index contributed by atoms with van der Waals surface area (Å²) in [5.41, 5.74) is 0.114. The van der Waals surface area contributed by atoms with E-state index in [1.54, 1.807) is 12.1 Å². The summed E-state index contributed by atoms with van der Waals surface area (Å²) in [7, 11) is 0. The van der Waals surface area contributed by atoms with Crippen molar-refractivity contribution in [1.29, 1.82) is 0 Å². The van der Waals surface area contributed by atoms with Gasteiger partial charge >= 0.3 is 5.97 Å². The number of aromatic amines is 1. The lowest BCUT2D eigenvalue weighted by Crippen LogP contribution is -2.22. The molecule has 0 aliphatic heterocycles. The zero-order valence-corrected chi connectivity index (χ0v) is 10.0. The van der Waals surface area contributed by atoms with Crippen molar-refractivity contribution >= 4 is 11.6 Å². The van der Waals surface area contributed by atoms with Gasteiger partial charge in [-0.1, -0.05) is 12.1 Å². The maximum Gasteiger partial charge on any atom is 0.343 e. The summed E-state index contributed by atoms with van der Waals surface area (Å²) in [5, 5.41) is 11.6. The highest BCUT2D eigenvalue weighted by atomic mass is 19.1. The topological polar surface area (TPSA) is 87.5 Å². The fourth-order valence-electron chi connectivity index (χ4n) is 1.91. The third-order valence-electron chi connectivity index (χ3n) is 2.86. The number of rotatable bonds is 2. The van der Waals surface area contributed by atoms with Crippen LogP contribution in [0.25, 0.3) is 16.9 Å². The molecule has 0 radical (unpaired) electrons. The molecule has 2 N–H and O–H groups in total. The number of fused-ring (bicyclic) bond motifs is 1. The summed E-state index contributed by atoms with van der Waals surface area (Å²) < 4.78 is 14.2. The van der Waals surface area contributed by atoms with Crippen LogP contribution in [0.1, 0.15) is 10.4 Å². The van der Waals surface area contributed by atoms with Gasteiger partial charge in [-0.2, -0.15) is 0 Å². The van der Waals surface area contributed by atoms with E-state index in [0.29, 0.717) is 11.3 Å². The number of carbonyl (C=O) groups is 1. The monoisotopic (exact) mass is 273 g/mol. The molecule has 7 heteroatoms. The van der Waals surface area contributed by atoms with E-state index >= 15 is 0 Å². The van der Waals surface area contributed by atoms with Crippen LogP contribution in [0.3, 0.4) is 0 Å². The number of aromatic nitrogens is 3. The molecule has 0 unspecified atom stereocenters.